The molecule has 0 aliphatic heterocycles. The topological polar surface area (TPSA) is 52.5 Å². The second-order valence-electron chi connectivity index (χ2n) is 2.58. The Morgan fingerprint density at radius 1 is 1.58 bits per heavy atom. The number of nitrogens with one attached hydrogen (secondary N) is 1. The van der Waals surface area contributed by atoms with Crippen LogP contribution in [0.1, 0.15) is 5.69 Å². The van der Waals surface area contributed by atoms with E-state index in [0.717, 1.165) is 16.6 Å². The number of fused-ring (bicyclic) bond motifs is 1. The average Bonchev–Trinajstić information content (AvgIpc) is 2.51. The summed E-state index contributed by atoms with van der Waals surface area (Å²) >= 11 is 0. The smallest absolute Gasteiger partial charge is 0.0774 e. The van der Waals surface area contributed by atoms with Gasteiger partial charge >= 0.3 is 0 Å². The molecule has 3 nitrogen and oxygen atoms in total. The second kappa shape index (κ2) is 2.67. The van der Waals surface area contributed by atoms with Gasteiger partial charge in [-0.1, -0.05) is 0 Å². The first-order chi connectivity index (χ1) is 5.90. The third kappa shape index (κ3) is 1.04. The Kier molecular flexibility index (Phi) is 1.52. The lowest BCUT2D eigenvalue weighted by atomic mass is 10.2. The van der Waals surface area contributed by atoms with Crippen LogP contribution in [0, 0.1) is 11.3 Å². The molecule has 0 saturated heterocycles. The molecule has 12 heavy (non-hydrogen) atoms. The summed E-state index contributed by atoms with van der Waals surface area (Å²) in [4.78, 5) is 7.16. The summed E-state index contributed by atoms with van der Waals surface area (Å²) in [6.07, 6.45) is 3.99. The van der Waals surface area contributed by atoms with Crippen molar-refractivity contribution in [1.29, 1.82) is 5.26 Å². The fraction of sp³-hybridized carbons (Fsp3) is 0.111. The van der Waals surface area contributed by atoms with Crippen molar-refractivity contribution in [2.45, 2.75) is 6.42 Å². The molecule has 2 rings (SSSR count). The molecule has 0 unspecified atom stereocenters. The first kappa shape index (κ1) is 6.86. The van der Waals surface area contributed by atoms with E-state index in [2.05, 4.69) is 16.0 Å². The molecule has 2 heterocycles. The quantitative estimate of drug-likeness (QED) is 0.684. The number of nitrogens with zero attached hydrogens (tertiary/aromatic N) is 2. The summed E-state index contributed by atoms with van der Waals surface area (Å²) in [5, 5.41) is 9.55. The van der Waals surface area contributed by atoms with E-state index in [0.29, 0.717) is 6.42 Å². The van der Waals surface area contributed by atoms with Crippen molar-refractivity contribution in [3.63, 3.8) is 0 Å². The van der Waals surface area contributed by atoms with E-state index in [9.17, 15) is 0 Å². The van der Waals surface area contributed by atoms with Crippen LogP contribution in [0.4, 0.5) is 0 Å². The minimum atomic E-state index is 0.376. The lowest BCUT2D eigenvalue weighted by Crippen LogP contribution is -1.85. The van der Waals surface area contributed by atoms with Crippen LogP contribution in [0.5, 0.6) is 0 Å². The molecule has 0 amide bonds. The molecule has 0 aromatic carbocycles. The van der Waals surface area contributed by atoms with E-state index < -0.39 is 0 Å². The van der Waals surface area contributed by atoms with E-state index in [-0.39, 0.29) is 0 Å². The zero-order valence-electron chi connectivity index (χ0n) is 6.41. The Bertz CT molecular complexity index is 436. The molecule has 0 atom stereocenters. The van der Waals surface area contributed by atoms with Crippen LogP contribution >= 0.6 is 0 Å². The van der Waals surface area contributed by atoms with Gasteiger partial charge in [0.25, 0.3) is 0 Å². The molecule has 58 valence electrons. The van der Waals surface area contributed by atoms with Gasteiger partial charge < -0.3 is 4.98 Å². The number of pyridine rings is 1. The molecule has 0 spiro atoms. The lowest BCUT2D eigenvalue weighted by Gasteiger charge is -1.92. The van der Waals surface area contributed by atoms with Crippen molar-refractivity contribution in [1.82, 2.24) is 9.97 Å². The molecule has 0 fully saturated rings. The van der Waals surface area contributed by atoms with Gasteiger partial charge in [-0.15, -0.1) is 0 Å². The Balaban J connectivity index is 2.54. The van der Waals surface area contributed by atoms with Crippen LogP contribution in [0.25, 0.3) is 10.9 Å². The van der Waals surface area contributed by atoms with E-state index in [1.807, 2.05) is 18.3 Å². The highest BCUT2D eigenvalue weighted by molar-refractivity contribution is 5.78. The normalized spacial score (nSPS) is 9.92. The number of nitriles is 1. The maximum atomic E-state index is 8.44. The number of rotatable bonds is 1. The summed E-state index contributed by atoms with van der Waals surface area (Å²) in [6.45, 7) is 0. The highest BCUT2D eigenvalue weighted by Gasteiger charge is 1.96. The maximum Gasteiger partial charge on any atom is 0.0774 e. The molecule has 3 heteroatoms. The van der Waals surface area contributed by atoms with Crippen LogP contribution in [0.3, 0.4) is 0 Å². The first-order valence-electron chi connectivity index (χ1n) is 3.69. The van der Waals surface area contributed by atoms with Crippen LogP contribution in [0.2, 0.25) is 0 Å². The van der Waals surface area contributed by atoms with E-state index in [1.54, 1.807) is 6.20 Å². The SMILES string of the molecule is N#CCc1cc2cc[nH]c2cn1. The number of hydrogen-bond donors (Lipinski definition) is 1. The molecule has 2 aromatic rings. The molecule has 2 aromatic heterocycles. The number of hydrogen-bond acceptors (Lipinski definition) is 2. The molecular formula is C9H7N3. The molecular weight excluding hydrogens is 150 g/mol. The molecule has 0 radical (unpaired) electrons. The van der Waals surface area contributed by atoms with Crippen LogP contribution in [-0.2, 0) is 6.42 Å². The lowest BCUT2D eigenvalue weighted by molar-refractivity contribution is 1.13. The monoisotopic (exact) mass is 157 g/mol. The van der Waals surface area contributed by atoms with Gasteiger partial charge in [0.15, 0.2) is 0 Å². The highest BCUT2D eigenvalue weighted by atomic mass is 14.7. The summed E-state index contributed by atoms with van der Waals surface area (Å²) in [5.41, 5.74) is 1.83. The molecule has 0 bridgehead atoms. The number of H-pyrrole nitrogens is 1. The largest absolute Gasteiger partial charge is 0.360 e. The predicted molar refractivity (Wildman–Crippen MR) is 45.4 cm³/mol. The molecule has 0 aliphatic carbocycles. The summed E-state index contributed by atoms with van der Waals surface area (Å²) in [6, 6.07) is 5.96. The Morgan fingerprint density at radius 2 is 2.50 bits per heavy atom. The Labute approximate surface area is 69.7 Å². The molecule has 0 aliphatic rings. The number of aromatic amines is 1. The van der Waals surface area contributed by atoms with Crippen molar-refractivity contribution in [3.05, 3.63) is 30.2 Å². The third-order valence-electron chi connectivity index (χ3n) is 1.75. The number of aromatic nitrogens is 2. The van der Waals surface area contributed by atoms with Crippen LogP contribution in [-0.4, -0.2) is 9.97 Å². The van der Waals surface area contributed by atoms with E-state index in [4.69, 9.17) is 5.26 Å². The first-order valence-corrected chi connectivity index (χ1v) is 3.69. The minimum Gasteiger partial charge on any atom is -0.360 e. The van der Waals surface area contributed by atoms with Crippen molar-refractivity contribution in [2.75, 3.05) is 0 Å². The van der Waals surface area contributed by atoms with Gasteiger partial charge in [-0.05, 0) is 12.1 Å². The van der Waals surface area contributed by atoms with Gasteiger partial charge in [-0.25, -0.2) is 0 Å². The van der Waals surface area contributed by atoms with Crippen molar-refractivity contribution >= 4 is 10.9 Å². The summed E-state index contributed by atoms with van der Waals surface area (Å²) < 4.78 is 0. The summed E-state index contributed by atoms with van der Waals surface area (Å²) in [5.74, 6) is 0. The average molecular weight is 157 g/mol. The van der Waals surface area contributed by atoms with Gasteiger partial charge in [-0.2, -0.15) is 5.26 Å². The van der Waals surface area contributed by atoms with Gasteiger partial charge in [0.2, 0.25) is 0 Å². The molecule has 0 saturated carbocycles. The highest BCUT2D eigenvalue weighted by Crippen LogP contribution is 2.11. The summed E-state index contributed by atoms with van der Waals surface area (Å²) in [7, 11) is 0. The predicted octanol–water partition coefficient (Wildman–Crippen LogP) is 1.63. The zero-order valence-corrected chi connectivity index (χ0v) is 6.41. The van der Waals surface area contributed by atoms with Crippen LogP contribution < -0.4 is 0 Å². The van der Waals surface area contributed by atoms with Crippen molar-refractivity contribution in [3.8, 4) is 6.07 Å². The fourth-order valence-corrected chi connectivity index (χ4v) is 1.17. The zero-order chi connectivity index (χ0) is 8.39. The third-order valence-corrected chi connectivity index (χ3v) is 1.75. The van der Waals surface area contributed by atoms with Gasteiger partial charge in [0, 0.05) is 11.6 Å². The Hall–Kier alpha value is -1.82. The maximum absolute atomic E-state index is 8.44. The van der Waals surface area contributed by atoms with Crippen LogP contribution in [0.15, 0.2) is 24.5 Å². The van der Waals surface area contributed by atoms with Gasteiger partial charge in [-0.3, -0.25) is 4.98 Å². The molecule has 1 N–H and O–H groups in total. The van der Waals surface area contributed by atoms with Crippen molar-refractivity contribution < 1.29 is 0 Å². The van der Waals surface area contributed by atoms with E-state index in [1.165, 1.54) is 0 Å². The van der Waals surface area contributed by atoms with E-state index >= 15 is 0 Å². The van der Waals surface area contributed by atoms with Crippen molar-refractivity contribution in [2.24, 2.45) is 0 Å². The minimum absolute atomic E-state index is 0.376. The second-order valence-corrected chi connectivity index (χ2v) is 2.58. The fourth-order valence-electron chi connectivity index (χ4n) is 1.17. The Morgan fingerprint density at radius 3 is 3.33 bits per heavy atom. The van der Waals surface area contributed by atoms with Gasteiger partial charge in [0.05, 0.1) is 29.9 Å². The standard InChI is InChI=1S/C9H7N3/c10-3-1-8-5-7-2-4-11-9(7)6-12-8/h2,4-6,11H,1H2. The van der Waals surface area contributed by atoms with Gasteiger partial charge in [0.1, 0.15) is 0 Å².